The molecular weight excluding hydrogens is 352 g/mol. The topological polar surface area (TPSA) is 48.8 Å². The van der Waals surface area contributed by atoms with Crippen molar-refractivity contribution >= 4 is 22.7 Å². The second-order valence-electron chi connectivity index (χ2n) is 8.21. The molecule has 1 aromatic heterocycles. The molecule has 3 heterocycles. The zero-order valence-electron chi connectivity index (χ0n) is 16.9. The van der Waals surface area contributed by atoms with Crippen LogP contribution in [0.3, 0.4) is 0 Å². The Balaban J connectivity index is 1.34. The summed E-state index contributed by atoms with van der Waals surface area (Å²) >= 11 is 0. The zero-order chi connectivity index (χ0) is 19.7. The fourth-order valence-electron chi connectivity index (χ4n) is 4.45. The number of likely N-dealkylation sites (N-methyl/N-ethyl adjacent to an activating group) is 1. The van der Waals surface area contributed by atoms with Crippen LogP contribution in [0, 0.1) is 12.8 Å². The van der Waals surface area contributed by atoms with Gasteiger partial charge < -0.3 is 19.3 Å². The summed E-state index contributed by atoms with van der Waals surface area (Å²) in [4.78, 5) is 31.9. The molecule has 0 N–H and O–H groups in total. The van der Waals surface area contributed by atoms with Gasteiger partial charge in [0.15, 0.2) is 0 Å². The molecule has 2 aliphatic rings. The van der Waals surface area contributed by atoms with E-state index < -0.39 is 0 Å². The highest BCUT2D eigenvalue weighted by Crippen LogP contribution is 2.23. The predicted molar refractivity (Wildman–Crippen MR) is 110 cm³/mol. The van der Waals surface area contributed by atoms with Gasteiger partial charge in [0.05, 0.1) is 0 Å². The number of aromatic nitrogens is 1. The van der Waals surface area contributed by atoms with Gasteiger partial charge in [-0.15, -0.1) is 0 Å². The molecule has 4 rings (SSSR count). The summed E-state index contributed by atoms with van der Waals surface area (Å²) in [5.41, 5.74) is 2.21. The van der Waals surface area contributed by atoms with Crippen LogP contribution in [0.15, 0.2) is 30.3 Å². The SMILES string of the molecule is Cc1cc2ccccc2n1CC(=O)N1CCC(C(=O)N2CCN(C)CC2)CC1. The van der Waals surface area contributed by atoms with Crippen LogP contribution in [0.25, 0.3) is 10.9 Å². The van der Waals surface area contributed by atoms with Crippen LogP contribution in [-0.2, 0) is 16.1 Å². The van der Waals surface area contributed by atoms with E-state index in [4.69, 9.17) is 0 Å². The maximum atomic E-state index is 12.9. The van der Waals surface area contributed by atoms with Crippen LogP contribution in [0.1, 0.15) is 18.5 Å². The number of benzene rings is 1. The Labute approximate surface area is 166 Å². The van der Waals surface area contributed by atoms with Crippen molar-refractivity contribution in [1.82, 2.24) is 19.3 Å². The zero-order valence-corrected chi connectivity index (χ0v) is 16.9. The van der Waals surface area contributed by atoms with Gasteiger partial charge in [-0.1, -0.05) is 18.2 Å². The number of rotatable bonds is 3. The first-order valence-corrected chi connectivity index (χ1v) is 10.3. The van der Waals surface area contributed by atoms with E-state index in [1.807, 2.05) is 28.9 Å². The van der Waals surface area contributed by atoms with Crippen molar-refractivity contribution in [2.24, 2.45) is 5.92 Å². The van der Waals surface area contributed by atoms with Gasteiger partial charge in [0, 0.05) is 56.4 Å². The molecule has 2 aromatic rings. The Hall–Kier alpha value is -2.34. The molecule has 2 fully saturated rings. The average Bonchev–Trinajstić information content (AvgIpc) is 3.03. The van der Waals surface area contributed by atoms with E-state index in [1.54, 1.807) is 0 Å². The second kappa shape index (κ2) is 7.95. The Kier molecular flexibility index (Phi) is 5.40. The largest absolute Gasteiger partial charge is 0.341 e. The summed E-state index contributed by atoms with van der Waals surface area (Å²) < 4.78 is 2.10. The summed E-state index contributed by atoms with van der Waals surface area (Å²) in [7, 11) is 2.10. The molecule has 0 unspecified atom stereocenters. The highest BCUT2D eigenvalue weighted by Gasteiger charge is 2.31. The van der Waals surface area contributed by atoms with E-state index in [9.17, 15) is 9.59 Å². The van der Waals surface area contributed by atoms with Gasteiger partial charge in [-0.2, -0.15) is 0 Å². The number of aryl methyl sites for hydroxylation is 1. The quantitative estimate of drug-likeness (QED) is 0.815. The number of para-hydroxylation sites is 1. The van der Waals surface area contributed by atoms with Crippen LogP contribution in [0.2, 0.25) is 0 Å². The fraction of sp³-hybridized carbons (Fsp3) is 0.545. The summed E-state index contributed by atoms with van der Waals surface area (Å²) in [5.74, 6) is 0.504. The number of likely N-dealkylation sites (tertiary alicyclic amines) is 1. The monoisotopic (exact) mass is 382 g/mol. The maximum Gasteiger partial charge on any atom is 0.242 e. The molecule has 2 aliphatic heterocycles. The van der Waals surface area contributed by atoms with Crippen molar-refractivity contribution in [2.75, 3.05) is 46.3 Å². The Bertz CT molecular complexity index is 859. The molecule has 0 radical (unpaired) electrons. The molecule has 2 saturated heterocycles. The van der Waals surface area contributed by atoms with Crippen molar-refractivity contribution in [3.05, 3.63) is 36.0 Å². The minimum absolute atomic E-state index is 0.0709. The van der Waals surface area contributed by atoms with Crippen molar-refractivity contribution in [3.63, 3.8) is 0 Å². The van der Waals surface area contributed by atoms with Gasteiger partial charge in [-0.3, -0.25) is 9.59 Å². The van der Waals surface area contributed by atoms with Crippen LogP contribution in [-0.4, -0.2) is 77.4 Å². The van der Waals surface area contributed by atoms with Gasteiger partial charge >= 0.3 is 0 Å². The molecule has 0 saturated carbocycles. The number of fused-ring (bicyclic) bond motifs is 1. The lowest BCUT2D eigenvalue weighted by Gasteiger charge is -2.37. The standard InChI is InChI=1S/C22H30N4O2/c1-17-15-19-5-3-4-6-20(19)26(17)16-21(27)24-9-7-18(8-10-24)22(28)25-13-11-23(2)12-14-25/h3-6,15,18H,7-14,16H2,1-2H3. The number of hydrogen-bond acceptors (Lipinski definition) is 3. The second-order valence-corrected chi connectivity index (χ2v) is 8.21. The van der Waals surface area contributed by atoms with Gasteiger partial charge in [-0.05, 0) is 44.3 Å². The Morgan fingerprint density at radius 2 is 1.64 bits per heavy atom. The third-order valence-corrected chi connectivity index (χ3v) is 6.32. The highest BCUT2D eigenvalue weighted by molar-refractivity contribution is 5.84. The van der Waals surface area contributed by atoms with Crippen molar-refractivity contribution in [3.8, 4) is 0 Å². The minimum Gasteiger partial charge on any atom is -0.341 e. The van der Waals surface area contributed by atoms with Crippen LogP contribution < -0.4 is 0 Å². The number of piperidine rings is 1. The molecule has 0 spiro atoms. The lowest BCUT2D eigenvalue weighted by atomic mass is 9.95. The molecular formula is C22H30N4O2. The normalized spacial score (nSPS) is 19.4. The Morgan fingerprint density at radius 3 is 2.36 bits per heavy atom. The van der Waals surface area contributed by atoms with E-state index in [0.29, 0.717) is 19.6 Å². The number of hydrogen-bond donors (Lipinski definition) is 0. The lowest BCUT2D eigenvalue weighted by molar-refractivity contribution is -0.142. The first-order valence-electron chi connectivity index (χ1n) is 10.3. The third-order valence-electron chi connectivity index (χ3n) is 6.32. The lowest BCUT2D eigenvalue weighted by Crippen LogP contribution is -2.51. The summed E-state index contributed by atoms with van der Waals surface area (Å²) in [5, 5.41) is 1.17. The molecule has 0 aliphatic carbocycles. The molecule has 0 bridgehead atoms. The summed E-state index contributed by atoms with van der Waals surface area (Å²) in [6.07, 6.45) is 1.56. The van der Waals surface area contributed by atoms with Crippen molar-refractivity contribution in [1.29, 1.82) is 0 Å². The van der Waals surface area contributed by atoms with Crippen LogP contribution in [0.5, 0.6) is 0 Å². The number of carbonyl (C=O) groups is 2. The molecule has 6 heteroatoms. The average molecular weight is 383 g/mol. The predicted octanol–water partition coefficient (Wildman–Crippen LogP) is 1.96. The maximum absolute atomic E-state index is 12.9. The first kappa shape index (κ1) is 19.0. The van der Waals surface area contributed by atoms with Crippen LogP contribution >= 0.6 is 0 Å². The summed E-state index contributed by atoms with van der Waals surface area (Å²) in [6.45, 7) is 7.34. The number of piperazine rings is 1. The number of nitrogens with zero attached hydrogens (tertiary/aromatic N) is 4. The van der Waals surface area contributed by atoms with Gasteiger partial charge in [-0.25, -0.2) is 0 Å². The van der Waals surface area contributed by atoms with E-state index >= 15 is 0 Å². The molecule has 1 aromatic carbocycles. The van der Waals surface area contributed by atoms with Gasteiger partial charge in [0.2, 0.25) is 11.8 Å². The summed E-state index contributed by atoms with van der Waals surface area (Å²) in [6, 6.07) is 10.3. The molecule has 2 amide bonds. The highest BCUT2D eigenvalue weighted by atomic mass is 16.2. The smallest absolute Gasteiger partial charge is 0.242 e. The van der Waals surface area contributed by atoms with E-state index in [0.717, 1.165) is 50.2 Å². The number of carbonyl (C=O) groups excluding carboxylic acids is 2. The van der Waals surface area contributed by atoms with E-state index in [1.165, 1.54) is 5.39 Å². The van der Waals surface area contributed by atoms with Crippen LogP contribution in [0.4, 0.5) is 0 Å². The molecule has 28 heavy (non-hydrogen) atoms. The molecule has 0 atom stereocenters. The number of amides is 2. The molecule has 6 nitrogen and oxygen atoms in total. The van der Waals surface area contributed by atoms with Gasteiger partial charge in [0.1, 0.15) is 6.54 Å². The Morgan fingerprint density at radius 1 is 0.964 bits per heavy atom. The van der Waals surface area contributed by atoms with E-state index in [2.05, 4.69) is 34.7 Å². The van der Waals surface area contributed by atoms with Gasteiger partial charge in [0.25, 0.3) is 0 Å². The fourth-order valence-corrected chi connectivity index (χ4v) is 4.45. The van der Waals surface area contributed by atoms with Crippen molar-refractivity contribution in [2.45, 2.75) is 26.3 Å². The third kappa shape index (κ3) is 3.78. The van der Waals surface area contributed by atoms with Crippen molar-refractivity contribution < 1.29 is 9.59 Å². The van der Waals surface area contributed by atoms with E-state index in [-0.39, 0.29) is 17.7 Å². The molecule has 150 valence electrons. The first-order chi connectivity index (χ1) is 13.5. The minimum atomic E-state index is 0.0709.